The molecule has 3 aromatic rings. The van der Waals surface area contributed by atoms with E-state index >= 15 is 0 Å². The Bertz CT molecular complexity index is 1240. The number of nitro benzene ring substituents is 1. The molecule has 9 heteroatoms. The summed E-state index contributed by atoms with van der Waals surface area (Å²) in [6, 6.07) is 14.6. The summed E-state index contributed by atoms with van der Waals surface area (Å²) in [5.74, 6) is -1.39. The van der Waals surface area contributed by atoms with E-state index in [0.29, 0.717) is 11.3 Å². The number of hydrogen-bond acceptors (Lipinski definition) is 7. The van der Waals surface area contributed by atoms with Crippen LogP contribution in [0, 0.1) is 10.1 Å². The van der Waals surface area contributed by atoms with Crippen molar-refractivity contribution in [3.8, 4) is 5.75 Å². The molecular weight excluding hydrogens is 426 g/mol. The number of pyridine rings is 1. The zero-order valence-electron chi connectivity index (χ0n) is 17.5. The average Bonchev–Trinajstić information content (AvgIpc) is 3.09. The first-order valence-corrected chi connectivity index (χ1v) is 9.97. The average molecular weight is 445 g/mol. The van der Waals surface area contributed by atoms with E-state index in [1.807, 2.05) is 0 Å². The highest BCUT2D eigenvalue weighted by atomic mass is 16.6. The van der Waals surface area contributed by atoms with E-state index in [-0.39, 0.29) is 23.4 Å². The Morgan fingerprint density at radius 3 is 2.27 bits per heavy atom. The second kappa shape index (κ2) is 8.91. The lowest BCUT2D eigenvalue weighted by atomic mass is 9.95. The number of aliphatic hydroxyl groups excluding tert-OH is 1. The third-order valence-corrected chi connectivity index (χ3v) is 5.43. The molecule has 1 aliphatic heterocycles. The molecule has 0 spiro atoms. The van der Waals surface area contributed by atoms with Crippen LogP contribution in [0.25, 0.3) is 5.76 Å². The van der Waals surface area contributed by atoms with Crippen molar-refractivity contribution < 1.29 is 24.4 Å². The topological polar surface area (TPSA) is 123 Å². The second-order valence-electron chi connectivity index (χ2n) is 7.36. The first-order valence-electron chi connectivity index (χ1n) is 9.97. The van der Waals surface area contributed by atoms with Crippen LogP contribution in [0.4, 0.5) is 5.69 Å². The van der Waals surface area contributed by atoms with Crippen molar-refractivity contribution in [3.63, 3.8) is 0 Å². The van der Waals surface area contributed by atoms with Gasteiger partial charge in [0.1, 0.15) is 11.5 Å². The maximum atomic E-state index is 13.0. The number of likely N-dealkylation sites (tertiary alicyclic amines) is 1. The third kappa shape index (κ3) is 4.16. The van der Waals surface area contributed by atoms with E-state index in [1.165, 1.54) is 36.3 Å². The van der Waals surface area contributed by atoms with Gasteiger partial charge in [0.25, 0.3) is 17.4 Å². The lowest BCUT2D eigenvalue weighted by molar-refractivity contribution is -0.384. The van der Waals surface area contributed by atoms with Crippen molar-refractivity contribution in [2.75, 3.05) is 7.11 Å². The molecule has 1 amide bonds. The van der Waals surface area contributed by atoms with Gasteiger partial charge in [0.2, 0.25) is 0 Å². The van der Waals surface area contributed by atoms with Crippen molar-refractivity contribution in [2.45, 2.75) is 12.6 Å². The van der Waals surface area contributed by atoms with Crippen LogP contribution < -0.4 is 4.74 Å². The summed E-state index contributed by atoms with van der Waals surface area (Å²) in [7, 11) is 1.53. The number of ether oxygens (including phenoxy) is 1. The Labute approximate surface area is 188 Å². The van der Waals surface area contributed by atoms with Gasteiger partial charge in [-0.05, 0) is 47.5 Å². The molecule has 166 valence electrons. The largest absolute Gasteiger partial charge is 0.507 e. The molecule has 9 nitrogen and oxygen atoms in total. The molecule has 2 aromatic carbocycles. The highest BCUT2D eigenvalue weighted by Crippen LogP contribution is 2.40. The molecule has 0 bridgehead atoms. The maximum absolute atomic E-state index is 13.0. The van der Waals surface area contributed by atoms with E-state index in [9.17, 15) is 24.8 Å². The zero-order chi connectivity index (χ0) is 23.5. The predicted molar refractivity (Wildman–Crippen MR) is 118 cm³/mol. The van der Waals surface area contributed by atoms with Gasteiger partial charge in [-0.1, -0.05) is 12.1 Å². The fraction of sp³-hybridized carbons (Fsp3) is 0.125. The zero-order valence-corrected chi connectivity index (χ0v) is 17.5. The molecule has 1 aromatic heterocycles. The minimum absolute atomic E-state index is 0.0897. The molecule has 1 atom stereocenters. The molecule has 1 aliphatic rings. The monoisotopic (exact) mass is 445 g/mol. The molecule has 0 radical (unpaired) electrons. The van der Waals surface area contributed by atoms with Crippen molar-refractivity contribution in [3.05, 3.63) is 105 Å². The number of ketones is 1. The van der Waals surface area contributed by atoms with Crippen LogP contribution in [-0.4, -0.2) is 38.7 Å². The van der Waals surface area contributed by atoms with Gasteiger partial charge in [0, 0.05) is 36.6 Å². The third-order valence-electron chi connectivity index (χ3n) is 5.43. The molecule has 1 fully saturated rings. The summed E-state index contributed by atoms with van der Waals surface area (Å²) in [4.78, 5) is 41.8. The van der Waals surface area contributed by atoms with Gasteiger partial charge in [-0.2, -0.15) is 0 Å². The summed E-state index contributed by atoms with van der Waals surface area (Å²) >= 11 is 0. The van der Waals surface area contributed by atoms with Crippen LogP contribution in [0.5, 0.6) is 5.75 Å². The molecule has 0 saturated carbocycles. The number of amides is 1. The van der Waals surface area contributed by atoms with E-state index in [1.54, 1.807) is 48.8 Å². The van der Waals surface area contributed by atoms with E-state index in [0.717, 1.165) is 5.56 Å². The van der Waals surface area contributed by atoms with Gasteiger partial charge < -0.3 is 14.7 Å². The van der Waals surface area contributed by atoms with Gasteiger partial charge in [0.05, 0.1) is 23.6 Å². The number of Topliss-reactive ketones (excluding diaryl/α,β-unsaturated/α-hetero) is 1. The summed E-state index contributed by atoms with van der Waals surface area (Å²) in [5, 5.41) is 22.0. The van der Waals surface area contributed by atoms with Crippen LogP contribution in [-0.2, 0) is 16.1 Å². The lowest BCUT2D eigenvalue weighted by Crippen LogP contribution is -2.29. The Morgan fingerprint density at radius 2 is 1.70 bits per heavy atom. The van der Waals surface area contributed by atoms with Gasteiger partial charge in [-0.3, -0.25) is 24.7 Å². The van der Waals surface area contributed by atoms with Crippen LogP contribution in [0.3, 0.4) is 0 Å². The summed E-state index contributed by atoms with van der Waals surface area (Å²) < 4.78 is 5.20. The number of benzene rings is 2. The number of non-ortho nitro benzene ring substituents is 1. The Hall–Kier alpha value is -4.53. The summed E-state index contributed by atoms with van der Waals surface area (Å²) in [5.41, 5.74) is 1.32. The Kier molecular flexibility index (Phi) is 5.86. The van der Waals surface area contributed by atoms with Gasteiger partial charge in [-0.15, -0.1) is 0 Å². The standard InChI is InChI=1S/C24H19N3O6/c1-33-19-8-4-16(5-9-19)21-20(22(28)17-2-6-18(7-3-17)27(31)32)23(29)24(30)26(21)14-15-10-12-25-13-11-15/h2-13,21,28H,14H2,1H3/b22-20-. The molecular formula is C24H19N3O6. The number of nitro groups is 1. The van der Waals surface area contributed by atoms with Crippen LogP contribution >= 0.6 is 0 Å². The van der Waals surface area contributed by atoms with Crippen LogP contribution in [0.1, 0.15) is 22.7 Å². The van der Waals surface area contributed by atoms with Crippen LogP contribution in [0.15, 0.2) is 78.6 Å². The molecule has 33 heavy (non-hydrogen) atoms. The summed E-state index contributed by atoms with van der Waals surface area (Å²) in [6.07, 6.45) is 3.18. The minimum atomic E-state index is -0.862. The van der Waals surface area contributed by atoms with Gasteiger partial charge in [-0.25, -0.2) is 0 Å². The van der Waals surface area contributed by atoms with E-state index < -0.39 is 28.4 Å². The fourth-order valence-electron chi connectivity index (χ4n) is 3.76. The smallest absolute Gasteiger partial charge is 0.295 e. The molecule has 2 heterocycles. The molecule has 1 N–H and O–H groups in total. The number of rotatable bonds is 6. The first-order chi connectivity index (χ1) is 15.9. The number of methoxy groups -OCH3 is 1. The first kappa shape index (κ1) is 21.7. The number of carbonyl (C=O) groups is 2. The predicted octanol–water partition coefficient (Wildman–Crippen LogP) is 3.62. The second-order valence-corrected chi connectivity index (χ2v) is 7.36. The molecule has 4 rings (SSSR count). The van der Waals surface area contributed by atoms with Gasteiger partial charge >= 0.3 is 0 Å². The highest BCUT2D eigenvalue weighted by Gasteiger charge is 2.46. The van der Waals surface area contributed by atoms with Crippen molar-refractivity contribution in [2.24, 2.45) is 0 Å². The summed E-state index contributed by atoms with van der Waals surface area (Å²) in [6.45, 7) is 0.126. The van der Waals surface area contributed by atoms with Gasteiger partial charge in [0.15, 0.2) is 0 Å². The number of nitrogens with zero attached hydrogens (tertiary/aromatic N) is 3. The van der Waals surface area contributed by atoms with Crippen molar-refractivity contribution in [1.29, 1.82) is 0 Å². The maximum Gasteiger partial charge on any atom is 0.295 e. The lowest BCUT2D eigenvalue weighted by Gasteiger charge is -2.25. The highest BCUT2D eigenvalue weighted by molar-refractivity contribution is 6.46. The quantitative estimate of drug-likeness (QED) is 0.202. The molecule has 0 aliphatic carbocycles. The van der Waals surface area contributed by atoms with E-state index in [4.69, 9.17) is 4.74 Å². The molecule has 1 unspecified atom stereocenters. The fourth-order valence-corrected chi connectivity index (χ4v) is 3.76. The van der Waals surface area contributed by atoms with Crippen LogP contribution in [0.2, 0.25) is 0 Å². The SMILES string of the molecule is COc1ccc(C2/C(=C(/O)c3ccc([N+](=O)[O-])cc3)C(=O)C(=O)N2Cc2ccncc2)cc1. The number of aliphatic hydroxyl groups is 1. The number of aromatic nitrogens is 1. The van der Waals surface area contributed by atoms with E-state index in [2.05, 4.69) is 4.98 Å². The number of carbonyl (C=O) groups excluding carboxylic acids is 2. The minimum Gasteiger partial charge on any atom is -0.507 e. The Morgan fingerprint density at radius 1 is 1.06 bits per heavy atom. The number of hydrogen-bond donors (Lipinski definition) is 1. The molecule has 1 saturated heterocycles. The van der Waals surface area contributed by atoms with Crippen molar-refractivity contribution in [1.82, 2.24) is 9.88 Å². The normalized spacial score (nSPS) is 17.2. The van der Waals surface area contributed by atoms with Crippen molar-refractivity contribution >= 4 is 23.1 Å². The Balaban J connectivity index is 1.83.